The summed E-state index contributed by atoms with van der Waals surface area (Å²) in [5.74, 6) is -0.943. The maximum Gasteiger partial charge on any atom is 0.306 e. The van der Waals surface area contributed by atoms with Crippen LogP contribution in [0.25, 0.3) is 11.3 Å². The molecule has 2 N–H and O–H groups in total. The Kier molecular flexibility index (Phi) is 7.34. The summed E-state index contributed by atoms with van der Waals surface area (Å²) in [4.78, 5) is 24.5. The highest BCUT2D eigenvalue weighted by atomic mass is 35.5. The van der Waals surface area contributed by atoms with Gasteiger partial charge >= 0.3 is 5.97 Å². The van der Waals surface area contributed by atoms with Gasteiger partial charge in [-0.15, -0.1) is 0 Å². The van der Waals surface area contributed by atoms with Gasteiger partial charge in [-0.3, -0.25) is 9.59 Å². The predicted molar refractivity (Wildman–Crippen MR) is 136 cm³/mol. The molecule has 7 nitrogen and oxygen atoms in total. The van der Waals surface area contributed by atoms with Crippen molar-refractivity contribution in [1.29, 1.82) is 0 Å². The van der Waals surface area contributed by atoms with Gasteiger partial charge < -0.3 is 15.0 Å². The third-order valence-electron chi connectivity index (χ3n) is 7.61. The standard InChI is InChI=1S/C26H33ClN2O5S/c1-15-23(35(3,33)34)10-9-20(24(15)27)22-13-21(25(30)28-19-11-18(12-19)26(31)32)16(2)29(22)14-17-7-5-4-6-8-17/h9-10,13,17-19H,4-8,11-12,14H2,1-3H3,(H,28,30)(H,31,32)/t18-,19-. The topological polar surface area (TPSA) is 105 Å². The van der Waals surface area contributed by atoms with Gasteiger partial charge in [0.05, 0.1) is 27.1 Å². The van der Waals surface area contributed by atoms with Crippen molar-refractivity contribution in [2.75, 3.05) is 6.26 Å². The highest BCUT2D eigenvalue weighted by Crippen LogP contribution is 2.38. The lowest BCUT2D eigenvalue weighted by Gasteiger charge is -2.32. The number of carboxylic acid groups (broad SMARTS) is 1. The highest BCUT2D eigenvalue weighted by Gasteiger charge is 2.36. The zero-order valence-electron chi connectivity index (χ0n) is 20.4. The van der Waals surface area contributed by atoms with Crippen LogP contribution in [0.4, 0.5) is 0 Å². The molecule has 9 heteroatoms. The molecule has 35 heavy (non-hydrogen) atoms. The number of aliphatic carboxylic acids is 1. The molecule has 190 valence electrons. The molecule has 0 spiro atoms. The Bertz CT molecular complexity index is 1260. The smallest absolute Gasteiger partial charge is 0.306 e. The Balaban J connectivity index is 1.71. The first kappa shape index (κ1) is 25.8. The van der Waals surface area contributed by atoms with E-state index in [-0.39, 0.29) is 16.8 Å². The van der Waals surface area contributed by atoms with Gasteiger partial charge in [0.1, 0.15) is 0 Å². The van der Waals surface area contributed by atoms with Crippen molar-refractivity contribution >= 4 is 33.3 Å². The number of carbonyl (C=O) groups excluding carboxylic acids is 1. The van der Waals surface area contributed by atoms with Crippen LogP contribution in [0, 0.1) is 25.7 Å². The summed E-state index contributed by atoms with van der Waals surface area (Å²) in [6.07, 6.45) is 7.96. The van der Waals surface area contributed by atoms with Gasteiger partial charge in [0.2, 0.25) is 0 Å². The minimum atomic E-state index is -3.42. The Morgan fingerprint density at radius 1 is 1.14 bits per heavy atom. The maximum atomic E-state index is 13.2. The summed E-state index contributed by atoms with van der Waals surface area (Å²) in [6, 6.07) is 5.00. The number of carboxylic acids is 1. The number of aromatic nitrogens is 1. The molecule has 1 amide bonds. The normalized spacial score (nSPS) is 20.9. The van der Waals surface area contributed by atoms with E-state index in [0.29, 0.717) is 40.5 Å². The third kappa shape index (κ3) is 5.28. The van der Waals surface area contributed by atoms with E-state index in [4.69, 9.17) is 16.7 Å². The van der Waals surface area contributed by atoms with Crippen molar-refractivity contribution in [3.63, 3.8) is 0 Å². The van der Waals surface area contributed by atoms with Gasteiger partial charge in [-0.05, 0) is 63.1 Å². The average molecular weight is 521 g/mol. The summed E-state index contributed by atoms with van der Waals surface area (Å²) >= 11 is 6.72. The van der Waals surface area contributed by atoms with Crippen molar-refractivity contribution in [3.8, 4) is 11.3 Å². The van der Waals surface area contributed by atoms with Crippen molar-refractivity contribution < 1.29 is 23.1 Å². The average Bonchev–Trinajstić information content (AvgIpc) is 3.08. The van der Waals surface area contributed by atoms with Crippen LogP contribution in [-0.4, -0.2) is 42.3 Å². The Hall–Kier alpha value is -2.32. The lowest BCUT2D eigenvalue weighted by atomic mass is 9.80. The number of sulfone groups is 1. The second-order valence-corrected chi connectivity index (χ2v) is 12.5. The molecule has 0 atom stereocenters. The molecule has 4 rings (SSSR count). The van der Waals surface area contributed by atoms with Crippen molar-refractivity contribution in [2.24, 2.45) is 11.8 Å². The number of hydrogen-bond donors (Lipinski definition) is 2. The summed E-state index contributed by atoms with van der Waals surface area (Å²) in [5, 5.41) is 12.5. The molecule has 0 bridgehead atoms. The van der Waals surface area contributed by atoms with E-state index in [1.807, 2.05) is 13.0 Å². The van der Waals surface area contributed by atoms with Crippen molar-refractivity contribution in [2.45, 2.75) is 76.3 Å². The fourth-order valence-electron chi connectivity index (χ4n) is 5.43. The zero-order chi connectivity index (χ0) is 25.5. The monoisotopic (exact) mass is 520 g/mol. The molecule has 2 saturated carbocycles. The quantitative estimate of drug-likeness (QED) is 0.534. The largest absolute Gasteiger partial charge is 0.481 e. The van der Waals surface area contributed by atoms with Gasteiger partial charge in [-0.2, -0.15) is 0 Å². The van der Waals surface area contributed by atoms with Crippen LogP contribution in [-0.2, 0) is 21.2 Å². The van der Waals surface area contributed by atoms with Gasteiger partial charge in [0.25, 0.3) is 5.91 Å². The van der Waals surface area contributed by atoms with Gasteiger partial charge in [-0.25, -0.2) is 8.42 Å². The summed E-state index contributed by atoms with van der Waals surface area (Å²) in [7, 11) is -3.42. The van der Waals surface area contributed by atoms with E-state index in [9.17, 15) is 18.0 Å². The SMILES string of the molecule is Cc1c(S(C)(=O)=O)ccc(-c2cc(C(=O)N[C@H]3C[C@H](C(=O)O)C3)c(C)n2CC2CCCCC2)c1Cl. The van der Waals surface area contributed by atoms with E-state index in [1.54, 1.807) is 19.1 Å². The molecule has 0 radical (unpaired) electrons. The molecule has 2 aliphatic carbocycles. The van der Waals surface area contributed by atoms with Crippen LogP contribution in [0.2, 0.25) is 5.02 Å². The number of nitrogens with one attached hydrogen (secondary N) is 1. The third-order valence-corrected chi connectivity index (χ3v) is 9.34. The Morgan fingerprint density at radius 3 is 2.40 bits per heavy atom. The number of benzene rings is 1. The molecule has 1 aromatic heterocycles. The molecule has 2 fully saturated rings. The fraction of sp³-hybridized carbons (Fsp3) is 0.538. The Morgan fingerprint density at radius 2 is 1.80 bits per heavy atom. The fourth-order valence-corrected chi connectivity index (χ4v) is 6.72. The minimum absolute atomic E-state index is 0.145. The summed E-state index contributed by atoms with van der Waals surface area (Å²) < 4.78 is 26.5. The van der Waals surface area contributed by atoms with E-state index < -0.39 is 21.7 Å². The zero-order valence-corrected chi connectivity index (χ0v) is 22.0. The number of rotatable bonds is 7. The maximum absolute atomic E-state index is 13.2. The molecule has 0 unspecified atom stereocenters. The number of halogens is 1. The van der Waals surface area contributed by atoms with Crippen LogP contribution in [0.1, 0.15) is 66.6 Å². The van der Waals surface area contributed by atoms with Gasteiger partial charge in [0, 0.05) is 30.1 Å². The van der Waals surface area contributed by atoms with E-state index >= 15 is 0 Å². The first-order valence-electron chi connectivity index (χ1n) is 12.2. The van der Waals surface area contributed by atoms with Crippen molar-refractivity contribution in [1.82, 2.24) is 9.88 Å². The molecular formula is C26H33ClN2O5S. The second kappa shape index (κ2) is 9.97. The predicted octanol–water partition coefficient (Wildman–Crippen LogP) is 5.00. The minimum Gasteiger partial charge on any atom is -0.481 e. The van der Waals surface area contributed by atoms with Crippen LogP contribution < -0.4 is 5.32 Å². The molecule has 0 saturated heterocycles. The molecule has 0 aliphatic heterocycles. The molecule has 1 aromatic carbocycles. The Labute approximate surface area is 211 Å². The molecule has 1 heterocycles. The van der Waals surface area contributed by atoms with Gasteiger partial charge in [-0.1, -0.05) is 36.9 Å². The molecular weight excluding hydrogens is 488 g/mol. The number of carbonyl (C=O) groups is 2. The second-order valence-electron chi connectivity index (χ2n) is 10.1. The van der Waals surface area contributed by atoms with E-state index in [0.717, 1.165) is 30.8 Å². The number of amides is 1. The first-order chi connectivity index (χ1) is 16.5. The first-order valence-corrected chi connectivity index (χ1v) is 14.5. The number of nitrogens with zero attached hydrogens (tertiary/aromatic N) is 1. The van der Waals surface area contributed by atoms with Crippen LogP contribution in [0.5, 0.6) is 0 Å². The summed E-state index contributed by atoms with van der Waals surface area (Å²) in [5.41, 5.74) is 3.36. The number of hydrogen-bond acceptors (Lipinski definition) is 4. The lowest BCUT2D eigenvalue weighted by Crippen LogP contribution is -2.46. The van der Waals surface area contributed by atoms with Gasteiger partial charge in [0.15, 0.2) is 9.84 Å². The van der Waals surface area contributed by atoms with Crippen LogP contribution in [0.3, 0.4) is 0 Å². The van der Waals surface area contributed by atoms with E-state index in [2.05, 4.69) is 9.88 Å². The summed E-state index contributed by atoms with van der Waals surface area (Å²) in [6.45, 7) is 4.39. The lowest BCUT2D eigenvalue weighted by molar-refractivity contribution is -0.145. The molecule has 2 aromatic rings. The van der Waals surface area contributed by atoms with E-state index in [1.165, 1.54) is 25.5 Å². The van der Waals surface area contributed by atoms with Crippen LogP contribution >= 0.6 is 11.6 Å². The highest BCUT2D eigenvalue weighted by molar-refractivity contribution is 7.90. The molecule has 2 aliphatic rings. The van der Waals surface area contributed by atoms with Crippen LogP contribution in [0.15, 0.2) is 23.1 Å². The van der Waals surface area contributed by atoms with Crippen molar-refractivity contribution in [3.05, 3.63) is 40.0 Å².